The predicted molar refractivity (Wildman–Crippen MR) is 71.2 cm³/mol. The molecule has 0 aliphatic rings. The lowest BCUT2D eigenvalue weighted by Crippen LogP contribution is -2.21. The van der Waals surface area contributed by atoms with Crippen molar-refractivity contribution in [1.82, 2.24) is 5.32 Å². The molecule has 17 heavy (non-hydrogen) atoms. The van der Waals surface area contributed by atoms with Crippen LogP contribution < -0.4 is 5.32 Å². The van der Waals surface area contributed by atoms with Crippen molar-refractivity contribution in [1.29, 1.82) is 0 Å². The van der Waals surface area contributed by atoms with Gasteiger partial charge in [0.1, 0.15) is 0 Å². The molecule has 1 aromatic rings. The third-order valence-corrected chi connectivity index (χ3v) is 3.53. The Bertz CT molecular complexity index is 311. The van der Waals surface area contributed by atoms with Gasteiger partial charge in [0.25, 0.3) is 0 Å². The highest BCUT2D eigenvalue weighted by Crippen LogP contribution is 2.21. The van der Waals surface area contributed by atoms with Gasteiger partial charge in [-0.2, -0.15) is 0 Å². The minimum atomic E-state index is -0.0986. The first-order valence-corrected chi connectivity index (χ1v) is 7.08. The molecule has 1 N–H and O–H groups in total. The van der Waals surface area contributed by atoms with Crippen molar-refractivity contribution >= 4 is 17.3 Å². The number of rotatable bonds is 8. The zero-order valence-electron chi connectivity index (χ0n) is 10.6. The molecule has 0 aromatic carbocycles. The first kappa shape index (κ1) is 14.2. The van der Waals surface area contributed by atoms with Gasteiger partial charge in [-0.15, -0.1) is 11.3 Å². The van der Waals surface area contributed by atoms with Crippen LogP contribution in [-0.2, 0) is 9.53 Å². The van der Waals surface area contributed by atoms with Crippen LogP contribution in [0.15, 0.2) is 17.5 Å². The molecule has 0 aliphatic carbocycles. The average molecular weight is 255 g/mol. The summed E-state index contributed by atoms with van der Waals surface area (Å²) in [5, 5.41) is 5.57. The molecule has 1 heterocycles. The highest BCUT2D eigenvalue weighted by molar-refractivity contribution is 7.10. The zero-order chi connectivity index (χ0) is 12.5. The molecule has 0 spiro atoms. The fourth-order valence-corrected chi connectivity index (χ4v) is 2.56. The van der Waals surface area contributed by atoms with Gasteiger partial charge < -0.3 is 10.1 Å². The van der Waals surface area contributed by atoms with Crippen molar-refractivity contribution in [3.8, 4) is 0 Å². The second kappa shape index (κ2) is 8.25. The highest BCUT2D eigenvalue weighted by Gasteiger charge is 2.09. The Morgan fingerprint density at radius 3 is 2.94 bits per heavy atom. The van der Waals surface area contributed by atoms with Gasteiger partial charge in [0, 0.05) is 17.3 Å². The van der Waals surface area contributed by atoms with Gasteiger partial charge in [0.2, 0.25) is 0 Å². The first-order chi connectivity index (χ1) is 8.27. The maximum Gasteiger partial charge on any atom is 0.305 e. The Morgan fingerprint density at radius 2 is 2.35 bits per heavy atom. The van der Waals surface area contributed by atoms with Crippen LogP contribution in [0, 0.1) is 0 Å². The number of hydrogen-bond acceptors (Lipinski definition) is 4. The van der Waals surface area contributed by atoms with Crippen molar-refractivity contribution in [2.24, 2.45) is 0 Å². The molecule has 0 saturated carbocycles. The van der Waals surface area contributed by atoms with Crippen molar-refractivity contribution in [2.45, 2.75) is 39.2 Å². The summed E-state index contributed by atoms with van der Waals surface area (Å²) in [5.41, 5.74) is 0. The Balaban J connectivity index is 2.19. The van der Waals surface area contributed by atoms with E-state index in [4.69, 9.17) is 4.74 Å². The lowest BCUT2D eigenvalue weighted by atomic mass is 10.2. The summed E-state index contributed by atoms with van der Waals surface area (Å²) in [6.07, 6.45) is 2.41. The lowest BCUT2D eigenvalue weighted by Gasteiger charge is -2.15. The molecule has 1 aromatic heterocycles. The van der Waals surface area contributed by atoms with E-state index in [2.05, 4.69) is 29.8 Å². The second-order valence-corrected chi connectivity index (χ2v) is 4.82. The van der Waals surface area contributed by atoms with Crippen molar-refractivity contribution < 1.29 is 9.53 Å². The number of ether oxygens (including phenoxy) is 1. The number of thiophene rings is 1. The fourth-order valence-electron chi connectivity index (χ4n) is 1.68. The molecule has 1 unspecified atom stereocenters. The summed E-state index contributed by atoms with van der Waals surface area (Å²) in [6.45, 7) is 5.33. The van der Waals surface area contributed by atoms with E-state index in [0.29, 0.717) is 19.1 Å². The van der Waals surface area contributed by atoms with Crippen molar-refractivity contribution in [3.05, 3.63) is 22.4 Å². The van der Waals surface area contributed by atoms with Gasteiger partial charge in [-0.25, -0.2) is 0 Å². The van der Waals surface area contributed by atoms with Crippen LogP contribution in [0.25, 0.3) is 0 Å². The summed E-state index contributed by atoms with van der Waals surface area (Å²) < 4.78 is 4.88. The number of carbonyl (C=O) groups excluding carboxylic acids is 1. The Morgan fingerprint density at radius 1 is 1.53 bits per heavy atom. The number of carbonyl (C=O) groups is 1. The van der Waals surface area contributed by atoms with Crippen LogP contribution in [0.4, 0.5) is 0 Å². The standard InChI is InChI=1S/C13H21NO2S/c1-3-11(12-7-6-10-17-12)14-9-5-8-13(15)16-4-2/h6-7,10-11,14H,3-5,8-9H2,1-2H3. The number of nitrogens with one attached hydrogen (secondary N) is 1. The molecule has 1 rings (SSSR count). The third kappa shape index (κ3) is 5.33. The van der Waals surface area contributed by atoms with E-state index in [9.17, 15) is 4.79 Å². The number of esters is 1. The minimum Gasteiger partial charge on any atom is -0.466 e. The largest absolute Gasteiger partial charge is 0.466 e. The van der Waals surface area contributed by atoms with Crippen LogP contribution >= 0.6 is 11.3 Å². The van der Waals surface area contributed by atoms with E-state index in [0.717, 1.165) is 19.4 Å². The molecule has 96 valence electrons. The summed E-state index contributed by atoms with van der Waals surface area (Å²) in [5.74, 6) is -0.0986. The topological polar surface area (TPSA) is 38.3 Å². The van der Waals surface area contributed by atoms with Gasteiger partial charge in [-0.1, -0.05) is 13.0 Å². The van der Waals surface area contributed by atoms with E-state index >= 15 is 0 Å². The van der Waals surface area contributed by atoms with Crippen molar-refractivity contribution in [3.63, 3.8) is 0 Å². The zero-order valence-corrected chi connectivity index (χ0v) is 11.4. The molecule has 0 radical (unpaired) electrons. The molecule has 0 fully saturated rings. The first-order valence-electron chi connectivity index (χ1n) is 6.20. The molecule has 0 saturated heterocycles. The van der Waals surface area contributed by atoms with Crippen LogP contribution in [0.5, 0.6) is 0 Å². The van der Waals surface area contributed by atoms with Crippen LogP contribution in [0.2, 0.25) is 0 Å². The van der Waals surface area contributed by atoms with Gasteiger partial charge in [0.05, 0.1) is 6.61 Å². The van der Waals surface area contributed by atoms with E-state index < -0.39 is 0 Å². The molecule has 1 atom stereocenters. The maximum absolute atomic E-state index is 11.1. The van der Waals surface area contributed by atoms with Gasteiger partial charge >= 0.3 is 5.97 Å². The predicted octanol–water partition coefficient (Wildman–Crippen LogP) is 3.13. The lowest BCUT2D eigenvalue weighted by molar-refractivity contribution is -0.143. The van der Waals surface area contributed by atoms with Gasteiger partial charge in [-0.3, -0.25) is 4.79 Å². The summed E-state index contributed by atoms with van der Waals surface area (Å²) >= 11 is 1.77. The molecule has 4 heteroatoms. The summed E-state index contributed by atoms with van der Waals surface area (Å²) in [4.78, 5) is 12.5. The smallest absolute Gasteiger partial charge is 0.305 e. The maximum atomic E-state index is 11.1. The molecule has 3 nitrogen and oxygen atoms in total. The van der Waals surface area contributed by atoms with Crippen LogP contribution in [0.1, 0.15) is 44.0 Å². The van der Waals surface area contributed by atoms with Gasteiger partial charge in [-0.05, 0) is 37.8 Å². The Labute approximate surface area is 107 Å². The number of hydrogen-bond donors (Lipinski definition) is 1. The quantitative estimate of drug-likeness (QED) is 0.573. The van der Waals surface area contributed by atoms with E-state index in [-0.39, 0.29) is 5.97 Å². The summed E-state index contributed by atoms with van der Waals surface area (Å²) in [6, 6.07) is 4.64. The normalized spacial score (nSPS) is 12.4. The highest BCUT2D eigenvalue weighted by atomic mass is 32.1. The third-order valence-electron chi connectivity index (χ3n) is 2.55. The van der Waals surface area contributed by atoms with Crippen molar-refractivity contribution in [2.75, 3.05) is 13.2 Å². The Hall–Kier alpha value is -0.870. The van der Waals surface area contributed by atoms with E-state index in [1.807, 2.05) is 6.92 Å². The Kier molecular flexibility index (Phi) is 6.89. The SMILES string of the molecule is CCOC(=O)CCCNC(CC)c1cccs1. The van der Waals surface area contributed by atoms with Gasteiger partial charge in [0.15, 0.2) is 0 Å². The van der Waals surface area contributed by atoms with E-state index in [1.54, 1.807) is 11.3 Å². The van der Waals surface area contributed by atoms with Crippen LogP contribution in [0.3, 0.4) is 0 Å². The van der Waals surface area contributed by atoms with Crippen LogP contribution in [-0.4, -0.2) is 19.1 Å². The molecule has 0 amide bonds. The van der Waals surface area contributed by atoms with E-state index in [1.165, 1.54) is 4.88 Å². The monoisotopic (exact) mass is 255 g/mol. The minimum absolute atomic E-state index is 0.0986. The summed E-state index contributed by atoms with van der Waals surface area (Å²) in [7, 11) is 0. The average Bonchev–Trinajstić information content (AvgIpc) is 2.83. The fraction of sp³-hybridized carbons (Fsp3) is 0.615. The second-order valence-electron chi connectivity index (χ2n) is 3.84. The molecular formula is C13H21NO2S. The molecule has 0 aliphatic heterocycles. The molecule has 0 bridgehead atoms. The molecular weight excluding hydrogens is 234 g/mol.